The molecule has 5 aliphatic rings. The molecule has 53 heavy (non-hydrogen) atoms. The Morgan fingerprint density at radius 2 is 1.57 bits per heavy atom. The Morgan fingerprint density at radius 3 is 2.28 bits per heavy atom. The summed E-state index contributed by atoms with van der Waals surface area (Å²) in [4.78, 5) is 39.6. The summed E-state index contributed by atoms with van der Waals surface area (Å²) in [6.45, 7) is 22.9. The first-order chi connectivity index (χ1) is 24.8. The average molecular weight is 724 g/mol. The monoisotopic (exact) mass is 723 g/mol. The van der Waals surface area contributed by atoms with Crippen LogP contribution in [0.25, 0.3) is 10.8 Å². The summed E-state index contributed by atoms with van der Waals surface area (Å²) in [6.07, 6.45) is 10.1. The first kappa shape index (κ1) is 38.1. The van der Waals surface area contributed by atoms with Crippen LogP contribution in [0.5, 0.6) is 0 Å². The molecular weight excluding hydrogens is 659 g/mol. The lowest BCUT2D eigenvalue weighted by atomic mass is 9.32. The highest BCUT2D eigenvalue weighted by Gasteiger charge is 2.72. The molecule has 2 N–H and O–H groups in total. The van der Waals surface area contributed by atoms with Gasteiger partial charge in [0.2, 0.25) is 5.91 Å². The van der Waals surface area contributed by atoms with Crippen LogP contribution in [-0.4, -0.2) is 29.1 Å². The maximum atomic E-state index is 14.7. The van der Waals surface area contributed by atoms with Crippen LogP contribution < -0.4 is 5.32 Å². The predicted molar refractivity (Wildman–Crippen MR) is 211 cm³/mol. The summed E-state index contributed by atoms with van der Waals surface area (Å²) in [5.41, 5.74) is 1.06. The quantitative estimate of drug-likeness (QED) is 0.209. The predicted octanol–water partition coefficient (Wildman–Crippen LogP) is 10.5. The second-order valence-corrected chi connectivity index (χ2v) is 20.4. The van der Waals surface area contributed by atoms with Crippen molar-refractivity contribution in [3.63, 3.8) is 0 Å². The number of carboxylic acids is 1. The zero-order valence-corrected chi connectivity index (χ0v) is 33.8. The fourth-order valence-corrected chi connectivity index (χ4v) is 14.2. The minimum Gasteiger partial charge on any atom is -0.481 e. The Balaban J connectivity index is 1.14. The molecule has 7 rings (SSSR count). The minimum absolute atomic E-state index is 0.113. The zero-order valence-electron chi connectivity index (χ0n) is 33.8. The number of hydrogen-bond donors (Lipinski definition) is 2. The molecule has 5 aliphatic carbocycles. The van der Waals surface area contributed by atoms with E-state index in [2.05, 4.69) is 95.9 Å². The van der Waals surface area contributed by atoms with E-state index in [4.69, 9.17) is 4.74 Å². The van der Waals surface area contributed by atoms with Gasteiger partial charge in [-0.3, -0.25) is 14.4 Å². The van der Waals surface area contributed by atoms with E-state index in [1.54, 1.807) is 13.8 Å². The first-order valence-electron chi connectivity index (χ1n) is 20.7. The highest BCUT2D eigenvalue weighted by Crippen LogP contribution is 2.77. The molecule has 6 nitrogen and oxygen atoms in total. The summed E-state index contributed by atoms with van der Waals surface area (Å²) >= 11 is 0. The van der Waals surface area contributed by atoms with Gasteiger partial charge >= 0.3 is 11.9 Å². The van der Waals surface area contributed by atoms with Crippen molar-refractivity contribution in [2.24, 2.45) is 62.1 Å². The van der Waals surface area contributed by atoms with Crippen molar-refractivity contribution in [2.45, 2.75) is 139 Å². The molecule has 288 valence electrons. The number of allylic oxidation sites excluding steroid dienone is 1. The third kappa shape index (κ3) is 5.73. The molecule has 0 radical (unpaired) electrons. The summed E-state index contributed by atoms with van der Waals surface area (Å²) < 4.78 is 6.19. The van der Waals surface area contributed by atoms with Gasteiger partial charge < -0.3 is 15.2 Å². The van der Waals surface area contributed by atoms with Crippen LogP contribution in [0.4, 0.5) is 0 Å². The third-order valence-corrected chi connectivity index (χ3v) is 17.2. The van der Waals surface area contributed by atoms with Crippen molar-refractivity contribution in [3.8, 4) is 0 Å². The van der Waals surface area contributed by atoms with Gasteiger partial charge in [-0.2, -0.15) is 0 Å². The second kappa shape index (κ2) is 13.0. The number of carbonyl (C=O) groups excluding carboxylic acids is 2. The van der Waals surface area contributed by atoms with E-state index >= 15 is 0 Å². The number of rotatable bonds is 8. The molecule has 2 aromatic rings. The van der Waals surface area contributed by atoms with Crippen LogP contribution in [0, 0.1) is 62.1 Å². The molecule has 5 fully saturated rings. The van der Waals surface area contributed by atoms with Crippen molar-refractivity contribution < 1.29 is 24.2 Å². The van der Waals surface area contributed by atoms with Gasteiger partial charge in [0.1, 0.15) is 6.10 Å². The topological polar surface area (TPSA) is 92.7 Å². The number of benzene rings is 2. The van der Waals surface area contributed by atoms with Gasteiger partial charge in [-0.1, -0.05) is 89.2 Å². The van der Waals surface area contributed by atoms with Crippen LogP contribution >= 0.6 is 0 Å². The summed E-state index contributed by atoms with van der Waals surface area (Å²) in [6, 6.07) is 14.8. The molecule has 2 aromatic carbocycles. The summed E-state index contributed by atoms with van der Waals surface area (Å²) in [7, 11) is 0. The van der Waals surface area contributed by atoms with E-state index in [9.17, 15) is 19.5 Å². The van der Waals surface area contributed by atoms with Crippen molar-refractivity contribution in [3.05, 3.63) is 60.2 Å². The lowest BCUT2D eigenvalue weighted by Gasteiger charge is -2.72. The van der Waals surface area contributed by atoms with Crippen molar-refractivity contribution in [2.75, 3.05) is 0 Å². The van der Waals surface area contributed by atoms with E-state index in [0.29, 0.717) is 36.1 Å². The Bertz CT molecular complexity index is 1810. The number of ether oxygens (including phenoxy) is 1. The molecule has 5 saturated carbocycles. The standard InChI is InChI=1S/C47H65NO5/c1-29(2)32-19-24-47(40(50)48-28-31-15-12-14-30-13-10-11-16-33(30)31)26-25-45(8)34(39(32)47)17-18-36-44(7)22-21-37(53-38(49)27-42(3,4)41(51)52)43(5,6)35(44)20-23-46(36,45)9/h10-16,32,34-37,39H,1,17-28H2,2-9H3,(H,48,50)(H,51,52)/t32-,34+,35-,36+,37-,39+,44-,45+,46+,47-/m0/s1. The van der Waals surface area contributed by atoms with Gasteiger partial charge in [0, 0.05) is 12.0 Å². The molecule has 0 saturated heterocycles. The molecule has 0 heterocycles. The maximum absolute atomic E-state index is 14.7. The number of nitrogens with one attached hydrogen (secondary N) is 1. The first-order valence-corrected chi connectivity index (χ1v) is 20.7. The lowest BCUT2D eigenvalue weighted by molar-refractivity contribution is -0.249. The molecular formula is C47H65NO5. The fourth-order valence-electron chi connectivity index (χ4n) is 14.2. The molecule has 1 amide bonds. The zero-order chi connectivity index (χ0) is 38.4. The Kier molecular flexibility index (Phi) is 9.34. The molecule has 10 atom stereocenters. The number of amides is 1. The second-order valence-electron chi connectivity index (χ2n) is 20.4. The van der Waals surface area contributed by atoms with Crippen LogP contribution in [0.3, 0.4) is 0 Å². The third-order valence-electron chi connectivity index (χ3n) is 17.2. The Labute approximate surface area is 318 Å². The molecule has 6 heteroatoms. The van der Waals surface area contributed by atoms with E-state index < -0.39 is 17.4 Å². The van der Waals surface area contributed by atoms with Crippen molar-refractivity contribution in [1.82, 2.24) is 5.32 Å². The fraction of sp³-hybridized carbons (Fsp3) is 0.681. The normalized spacial score (nSPS) is 38.8. The lowest BCUT2D eigenvalue weighted by Crippen LogP contribution is -2.67. The van der Waals surface area contributed by atoms with Gasteiger partial charge in [0.25, 0.3) is 0 Å². The smallest absolute Gasteiger partial charge is 0.309 e. The molecule has 0 aliphatic heterocycles. The van der Waals surface area contributed by atoms with E-state index in [0.717, 1.165) is 57.8 Å². The van der Waals surface area contributed by atoms with E-state index in [1.165, 1.54) is 28.3 Å². The number of carbonyl (C=O) groups is 3. The number of carboxylic acid groups (broad SMARTS) is 1. The van der Waals surface area contributed by atoms with E-state index in [-0.39, 0.29) is 45.5 Å². The van der Waals surface area contributed by atoms with Gasteiger partial charge in [-0.05, 0) is 147 Å². The molecule has 0 unspecified atom stereocenters. The summed E-state index contributed by atoms with van der Waals surface area (Å²) in [5, 5.41) is 15.5. The Hall–Kier alpha value is -3.15. The molecule has 0 spiro atoms. The number of fused-ring (bicyclic) bond motifs is 8. The van der Waals surface area contributed by atoms with Crippen LogP contribution in [-0.2, 0) is 25.7 Å². The van der Waals surface area contributed by atoms with Crippen molar-refractivity contribution >= 4 is 28.6 Å². The molecule has 0 aromatic heterocycles. The largest absolute Gasteiger partial charge is 0.481 e. The highest BCUT2D eigenvalue weighted by atomic mass is 16.5. The minimum atomic E-state index is -1.15. The highest BCUT2D eigenvalue weighted by molar-refractivity contribution is 5.87. The average Bonchev–Trinajstić information content (AvgIpc) is 3.50. The number of aliphatic carboxylic acids is 1. The maximum Gasteiger partial charge on any atom is 0.309 e. The van der Waals surface area contributed by atoms with Gasteiger partial charge in [-0.15, -0.1) is 0 Å². The van der Waals surface area contributed by atoms with Crippen molar-refractivity contribution in [1.29, 1.82) is 0 Å². The van der Waals surface area contributed by atoms with Crippen LogP contribution in [0.1, 0.15) is 132 Å². The van der Waals surface area contributed by atoms with Crippen LogP contribution in [0.2, 0.25) is 0 Å². The Morgan fingerprint density at radius 1 is 0.849 bits per heavy atom. The van der Waals surface area contributed by atoms with E-state index in [1.807, 2.05) is 0 Å². The number of hydrogen-bond acceptors (Lipinski definition) is 4. The summed E-state index contributed by atoms with van der Waals surface area (Å²) in [5.74, 6) is 0.969. The number of esters is 1. The molecule has 0 bridgehead atoms. The SMILES string of the molecule is C=C(C)[C@@H]1CC[C@]2(C(=O)NCc3cccc4ccccc34)CC[C@]3(C)[C@H](CC[C@@H]4[C@@]5(C)CC[C@H](OC(=O)CC(C)(C)C(=O)O)C(C)(C)[C@@H]5CC[C@]43C)[C@@H]12. The van der Waals surface area contributed by atoms with Crippen LogP contribution in [0.15, 0.2) is 54.6 Å². The van der Waals surface area contributed by atoms with Gasteiger partial charge in [0.15, 0.2) is 0 Å². The van der Waals surface area contributed by atoms with Gasteiger partial charge in [-0.25, -0.2) is 0 Å². The van der Waals surface area contributed by atoms with Gasteiger partial charge in [0.05, 0.1) is 17.3 Å².